The number of sulfone groups is 1. The van der Waals surface area contributed by atoms with E-state index in [1.54, 1.807) is 0 Å². The van der Waals surface area contributed by atoms with Crippen LogP contribution in [0.3, 0.4) is 0 Å². The Hall–Kier alpha value is -0.620. The summed E-state index contributed by atoms with van der Waals surface area (Å²) in [5.74, 6) is 0.244. The third-order valence-electron chi connectivity index (χ3n) is 3.75. The lowest BCUT2D eigenvalue weighted by molar-refractivity contribution is -0.122. The summed E-state index contributed by atoms with van der Waals surface area (Å²) in [6.07, 6.45) is 2.81. The van der Waals surface area contributed by atoms with E-state index < -0.39 is 9.84 Å². The highest BCUT2D eigenvalue weighted by Crippen LogP contribution is 2.44. The lowest BCUT2D eigenvalue weighted by atomic mass is 10.0. The second-order valence-electron chi connectivity index (χ2n) is 5.41. The van der Waals surface area contributed by atoms with Gasteiger partial charge in [0.25, 0.3) is 0 Å². The zero-order valence-electron chi connectivity index (χ0n) is 9.81. The van der Waals surface area contributed by atoms with E-state index in [4.69, 9.17) is 5.11 Å². The number of nitrogens with one attached hydrogen (secondary N) is 1. The van der Waals surface area contributed by atoms with Crippen molar-refractivity contribution in [2.45, 2.75) is 25.7 Å². The van der Waals surface area contributed by atoms with E-state index in [1.807, 2.05) is 0 Å². The summed E-state index contributed by atoms with van der Waals surface area (Å²) in [7, 11) is -2.90. The molecule has 1 aliphatic heterocycles. The van der Waals surface area contributed by atoms with Crippen molar-refractivity contribution in [3.63, 3.8) is 0 Å². The SMILES string of the molecule is O=C(CC1CCS(=O)(=O)C1)NCC1(CO)CC1. The predicted octanol–water partition coefficient (Wildman–Crippen LogP) is -0.300. The lowest BCUT2D eigenvalue weighted by Gasteiger charge is -2.14. The smallest absolute Gasteiger partial charge is 0.220 e. The molecule has 2 fully saturated rings. The third-order valence-corrected chi connectivity index (χ3v) is 5.59. The van der Waals surface area contributed by atoms with Crippen LogP contribution < -0.4 is 5.32 Å². The van der Waals surface area contributed by atoms with Gasteiger partial charge in [-0.15, -0.1) is 0 Å². The Labute approximate surface area is 102 Å². The lowest BCUT2D eigenvalue weighted by Crippen LogP contribution is -2.33. The highest BCUT2D eigenvalue weighted by atomic mass is 32.2. The molecule has 1 atom stereocenters. The molecule has 17 heavy (non-hydrogen) atoms. The quantitative estimate of drug-likeness (QED) is 0.711. The first-order valence-electron chi connectivity index (χ1n) is 6.03. The average molecular weight is 261 g/mol. The monoisotopic (exact) mass is 261 g/mol. The molecule has 6 heteroatoms. The van der Waals surface area contributed by atoms with Crippen LogP contribution in [0.5, 0.6) is 0 Å². The van der Waals surface area contributed by atoms with E-state index in [2.05, 4.69) is 5.32 Å². The molecule has 0 bridgehead atoms. The molecule has 2 aliphatic rings. The van der Waals surface area contributed by atoms with Crippen LogP contribution in [0.1, 0.15) is 25.7 Å². The average Bonchev–Trinajstić information content (AvgIpc) is 2.97. The highest BCUT2D eigenvalue weighted by Gasteiger charge is 2.42. The van der Waals surface area contributed by atoms with Gasteiger partial charge in [0.15, 0.2) is 9.84 Å². The molecule has 0 spiro atoms. The van der Waals surface area contributed by atoms with Gasteiger partial charge in [0, 0.05) is 18.4 Å². The van der Waals surface area contributed by atoms with Gasteiger partial charge in [-0.05, 0) is 25.2 Å². The summed E-state index contributed by atoms with van der Waals surface area (Å²) < 4.78 is 22.5. The fourth-order valence-corrected chi connectivity index (χ4v) is 4.08. The van der Waals surface area contributed by atoms with Crippen LogP contribution in [0.25, 0.3) is 0 Å². The zero-order chi connectivity index (χ0) is 12.5. The number of aliphatic hydroxyl groups excluding tert-OH is 1. The van der Waals surface area contributed by atoms with E-state index in [0.717, 1.165) is 12.8 Å². The number of rotatable bonds is 5. The number of hydrogen-bond donors (Lipinski definition) is 2. The van der Waals surface area contributed by atoms with Gasteiger partial charge in [-0.25, -0.2) is 8.42 Å². The van der Waals surface area contributed by atoms with Gasteiger partial charge in [0.2, 0.25) is 5.91 Å². The van der Waals surface area contributed by atoms with Crippen LogP contribution in [0, 0.1) is 11.3 Å². The molecule has 0 radical (unpaired) electrons. The molecular weight excluding hydrogens is 242 g/mol. The van der Waals surface area contributed by atoms with Gasteiger partial charge in [-0.1, -0.05) is 0 Å². The van der Waals surface area contributed by atoms with Crippen LogP contribution >= 0.6 is 0 Å². The first-order chi connectivity index (χ1) is 7.95. The van der Waals surface area contributed by atoms with Crippen molar-refractivity contribution in [2.75, 3.05) is 24.7 Å². The molecule has 0 aromatic carbocycles. The van der Waals surface area contributed by atoms with Crippen LogP contribution in [0.4, 0.5) is 0 Å². The molecule has 0 aromatic rings. The van der Waals surface area contributed by atoms with E-state index in [-0.39, 0.29) is 35.4 Å². The Kier molecular flexibility index (Phi) is 3.45. The third kappa shape index (κ3) is 3.42. The first-order valence-corrected chi connectivity index (χ1v) is 7.85. The molecular formula is C11H19NO4S. The van der Waals surface area contributed by atoms with Gasteiger partial charge in [-0.2, -0.15) is 0 Å². The molecule has 1 heterocycles. The molecule has 1 amide bonds. The van der Waals surface area contributed by atoms with E-state index in [1.165, 1.54) is 0 Å². The van der Waals surface area contributed by atoms with E-state index >= 15 is 0 Å². The van der Waals surface area contributed by atoms with E-state index in [0.29, 0.717) is 19.4 Å². The first kappa shape index (κ1) is 12.8. The van der Waals surface area contributed by atoms with Crippen LogP contribution in [-0.2, 0) is 14.6 Å². The van der Waals surface area contributed by atoms with Gasteiger partial charge in [0.1, 0.15) is 0 Å². The van der Waals surface area contributed by atoms with Gasteiger partial charge in [-0.3, -0.25) is 4.79 Å². The number of carbonyl (C=O) groups is 1. The van der Waals surface area contributed by atoms with Crippen molar-refractivity contribution < 1.29 is 18.3 Å². The van der Waals surface area contributed by atoms with E-state index in [9.17, 15) is 13.2 Å². The van der Waals surface area contributed by atoms with Crippen molar-refractivity contribution in [1.29, 1.82) is 0 Å². The number of hydrogen-bond acceptors (Lipinski definition) is 4. The van der Waals surface area contributed by atoms with Crippen LogP contribution in [0.15, 0.2) is 0 Å². The molecule has 1 aliphatic carbocycles. The second-order valence-corrected chi connectivity index (χ2v) is 7.64. The number of amides is 1. The molecule has 1 saturated heterocycles. The summed E-state index contributed by atoms with van der Waals surface area (Å²) in [5, 5.41) is 11.9. The Balaban J connectivity index is 1.71. The minimum Gasteiger partial charge on any atom is -0.396 e. The van der Waals surface area contributed by atoms with Crippen LogP contribution in [0.2, 0.25) is 0 Å². The minimum absolute atomic E-state index is 0.0238. The summed E-state index contributed by atoms with van der Waals surface area (Å²) in [5.41, 5.74) is -0.0859. The largest absolute Gasteiger partial charge is 0.396 e. The molecule has 1 saturated carbocycles. The van der Waals surface area contributed by atoms with Crippen molar-refractivity contribution in [2.24, 2.45) is 11.3 Å². The van der Waals surface area contributed by atoms with Gasteiger partial charge >= 0.3 is 0 Å². The Morgan fingerprint density at radius 2 is 2.12 bits per heavy atom. The van der Waals surface area contributed by atoms with Gasteiger partial charge < -0.3 is 10.4 Å². The number of carbonyl (C=O) groups excluding carboxylic acids is 1. The maximum Gasteiger partial charge on any atom is 0.220 e. The normalized spacial score (nSPS) is 28.9. The van der Waals surface area contributed by atoms with Crippen molar-refractivity contribution in [3.8, 4) is 0 Å². The molecule has 5 nitrogen and oxygen atoms in total. The Morgan fingerprint density at radius 3 is 2.59 bits per heavy atom. The molecule has 2 rings (SSSR count). The summed E-state index contributed by atoms with van der Waals surface area (Å²) in [6, 6.07) is 0. The maximum absolute atomic E-state index is 11.6. The Bertz CT molecular complexity index is 400. The maximum atomic E-state index is 11.6. The van der Waals surface area contributed by atoms with Crippen LogP contribution in [-0.4, -0.2) is 44.1 Å². The highest BCUT2D eigenvalue weighted by molar-refractivity contribution is 7.91. The van der Waals surface area contributed by atoms with Crippen molar-refractivity contribution in [3.05, 3.63) is 0 Å². The Morgan fingerprint density at radius 1 is 1.41 bits per heavy atom. The van der Waals surface area contributed by atoms with Crippen molar-refractivity contribution in [1.82, 2.24) is 5.32 Å². The summed E-state index contributed by atoms with van der Waals surface area (Å²) in [6.45, 7) is 0.632. The topological polar surface area (TPSA) is 83.5 Å². The predicted molar refractivity (Wildman–Crippen MR) is 63.1 cm³/mol. The second kappa shape index (κ2) is 4.57. The van der Waals surface area contributed by atoms with Crippen molar-refractivity contribution >= 4 is 15.7 Å². The minimum atomic E-state index is -2.90. The zero-order valence-corrected chi connectivity index (χ0v) is 10.6. The molecule has 1 unspecified atom stereocenters. The summed E-state index contributed by atoms with van der Waals surface area (Å²) >= 11 is 0. The van der Waals surface area contributed by atoms with Gasteiger partial charge in [0.05, 0.1) is 18.1 Å². The molecule has 98 valence electrons. The molecule has 2 N–H and O–H groups in total. The standard InChI is InChI=1S/C11H19NO4S/c13-8-11(2-3-11)7-12-10(14)5-9-1-4-17(15,16)6-9/h9,13H,1-8H2,(H,12,14). The molecule has 0 aromatic heterocycles. The number of aliphatic hydroxyl groups is 1. The fourth-order valence-electron chi connectivity index (χ4n) is 2.22. The fraction of sp³-hybridized carbons (Fsp3) is 0.909. The summed E-state index contributed by atoms with van der Waals surface area (Å²) in [4.78, 5) is 11.6.